The van der Waals surface area contributed by atoms with Crippen LogP contribution < -0.4 is 11.1 Å². The standard InChI is InChI=1S/C14H18ClN3OS/c1-9(6-7-16)2-5-13(19)18-14-17-11-4-3-10(15)8-12(11)20-14/h3-4,8-9H,2,5-7,16H2,1H3,(H,17,18,19). The Hall–Kier alpha value is -1.17. The van der Waals surface area contributed by atoms with E-state index >= 15 is 0 Å². The Labute approximate surface area is 127 Å². The van der Waals surface area contributed by atoms with E-state index in [0.29, 0.717) is 29.0 Å². The minimum absolute atomic E-state index is 0.000903. The molecule has 6 heteroatoms. The molecular formula is C14H18ClN3OS. The normalized spacial score (nSPS) is 12.6. The smallest absolute Gasteiger partial charge is 0.226 e. The first-order valence-corrected chi connectivity index (χ1v) is 7.84. The van der Waals surface area contributed by atoms with E-state index < -0.39 is 0 Å². The Kier molecular flexibility index (Phi) is 5.34. The Morgan fingerprint density at radius 3 is 3.05 bits per heavy atom. The van der Waals surface area contributed by atoms with Gasteiger partial charge in [0.2, 0.25) is 5.91 Å². The van der Waals surface area contributed by atoms with Crippen molar-refractivity contribution in [2.24, 2.45) is 11.7 Å². The van der Waals surface area contributed by atoms with Gasteiger partial charge in [-0.05, 0) is 43.5 Å². The number of nitrogens with one attached hydrogen (secondary N) is 1. The number of carbonyl (C=O) groups is 1. The highest BCUT2D eigenvalue weighted by atomic mass is 35.5. The van der Waals surface area contributed by atoms with E-state index in [2.05, 4.69) is 17.2 Å². The molecule has 2 aromatic rings. The lowest BCUT2D eigenvalue weighted by Gasteiger charge is -2.08. The molecule has 1 unspecified atom stereocenters. The summed E-state index contributed by atoms with van der Waals surface area (Å²) in [5, 5.41) is 4.14. The first-order valence-electron chi connectivity index (χ1n) is 6.64. The molecular weight excluding hydrogens is 294 g/mol. The molecule has 3 N–H and O–H groups in total. The first-order chi connectivity index (χ1) is 9.58. The zero-order valence-electron chi connectivity index (χ0n) is 11.4. The summed E-state index contributed by atoms with van der Waals surface area (Å²) in [4.78, 5) is 16.2. The van der Waals surface area contributed by atoms with Crippen molar-refractivity contribution in [1.82, 2.24) is 4.98 Å². The maximum atomic E-state index is 11.9. The van der Waals surface area contributed by atoms with Crippen LogP contribution >= 0.6 is 22.9 Å². The van der Waals surface area contributed by atoms with Crippen LogP contribution in [-0.4, -0.2) is 17.4 Å². The fourth-order valence-electron chi connectivity index (χ4n) is 1.94. The molecule has 0 radical (unpaired) electrons. The van der Waals surface area contributed by atoms with Gasteiger partial charge in [0.1, 0.15) is 0 Å². The van der Waals surface area contributed by atoms with E-state index in [-0.39, 0.29) is 5.91 Å². The van der Waals surface area contributed by atoms with Gasteiger partial charge in [0.05, 0.1) is 10.2 Å². The van der Waals surface area contributed by atoms with E-state index in [0.717, 1.165) is 23.1 Å². The van der Waals surface area contributed by atoms with Crippen molar-refractivity contribution < 1.29 is 4.79 Å². The molecule has 0 fully saturated rings. The van der Waals surface area contributed by atoms with Crippen molar-refractivity contribution >= 4 is 44.2 Å². The van der Waals surface area contributed by atoms with E-state index in [1.165, 1.54) is 11.3 Å². The number of rotatable bonds is 6. The zero-order valence-corrected chi connectivity index (χ0v) is 12.9. The maximum Gasteiger partial charge on any atom is 0.226 e. The van der Waals surface area contributed by atoms with Gasteiger partial charge < -0.3 is 11.1 Å². The molecule has 0 saturated heterocycles. The summed E-state index contributed by atoms with van der Waals surface area (Å²) >= 11 is 7.37. The summed E-state index contributed by atoms with van der Waals surface area (Å²) in [6.45, 7) is 2.78. The number of thiazole rings is 1. The molecule has 0 spiro atoms. The molecule has 0 bridgehead atoms. The monoisotopic (exact) mass is 311 g/mol. The summed E-state index contributed by atoms with van der Waals surface area (Å²) in [5.41, 5.74) is 6.35. The molecule has 0 saturated carbocycles. The van der Waals surface area contributed by atoms with Gasteiger partial charge in [-0.2, -0.15) is 0 Å². The average Bonchev–Trinajstić information content (AvgIpc) is 2.78. The Bertz CT molecular complexity index is 599. The third kappa shape index (κ3) is 4.16. The third-order valence-corrected chi connectivity index (χ3v) is 4.29. The number of amides is 1. The molecule has 108 valence electrons. The second kappa shape index (κ2) is 7.02. The largest absolute Gasteiger partial charge is 0.330 e. The SMILES string of the molecule is CC(CCN)CCC(=O)Nc1nc2ccc(Cl)cc2s1. The predicted octanol–water partition coefficient (Wildman–Crippen LogP) is 3.65. The zero-order chi connectivity index (χ0) is 14.5. The highest BCUT2D eigenvalue weighted by Crippen LogP contribution is 2.28. The van der Waals surface area contributed by atoms with Crippen molar-refractivity contribution in [3.63, 3.8) is 0 Å². The topological polar surface area (TPSA) is 68.0 Å². The Balaban J connectivity index is 1.92. The van der Waals surface area contributed by atoms with Crippen LogP contribution in [0.1, 0.15) is 26.2 Å². The highest BCUT2D eigenvalue weighted by Gasteiger charge is 2.10. The van der Waals surface area contributed by atoms with Crippen LogP contribution in [-0.2, 0) is 4.79 Å². The van der Waals surface area contributed by atoms with Crippen molar-refractivity contribution in [1.29, 1.82) is 0 Å². The summed E-state index contributed by atoms with van der Waals surface area (Å²) in [7, 11) is 0. The van der Waals surface area contributed by atoms with Gasteiger partial charge >= 0.3 is 0 Å². The highest BCUT2D eigenvalue weighted by molar-refractivity contribution is 7.22. The van der Waals surface area contributed by atoms with Crippen LogP contribution in [0.2, 0.25) is 5.02 Å². The van der Waals surface area contributed by atoms with E-state index in [4.69, 9.17) is 17.3 Å². The second-order valence-electron chi connectivity index (χ2n) is 4.90. The van der Waals surface area contributed by atoms with Crippen LogP contribution in [0.25, 0.3) is 10.2 Å². The quantitative estimate of drug-likeness (QED) is 0.855. The summed E-state index contributed by atoms with van der Waals surface area (Å²) in [5.74, 6) is 0.471. The molecule has 0 aliphatic heterocycles. The number of aromatic nitrogens is 1. The lowest BCUT2D eigenvalue weighted by atomic mass is 10.0. The summed E-state index contributed by atoms with van der Waals surface area (Å²) < 4.78 is 0.976. The molecule has 1 aromatic heterocycles. The van der Waals surface area contributed by atoms with Gasteiger partial charge in [-0.25, -0.2) is 4.98 Å². The number of halogens is 1. The molecule has 20 heavy (non-hydrogen) atoms. The van der Waals surface area contributed by atoms with Crippen molar-refractivity contribution in [3.05, 3.63) is 23.2 Å². The molecule has 0 aliphatic rings. The van der Waals surface area contributed by atoms with Crippen molar-refractivity contribution in [3.8, 4) is 0 Å². The number of benzene rings is 1. The van der Waals surface area contributed by atoms with Gasteiger partial charge in [0.25, 0.3) is 0 Å². The maximum absolute atomic E-state index is 11.9. The molecule has 2 rings (SSSR count). The lowest BCUT2D eigenvalue weighted by molar-refractivity contribution is -0.116. The fraction of sp³-hybridized carbons (Fsp3) is 0.429. The molecule has 0 aliphatic carbocycles. The lowest BCUT2D eigenvalue weighted by Crippen LogP contribution is -2.13. The Morgan fingerprint density at radius 1 is 1.50 bits per heavy atom. The van der Waals surface area contributed by atoms with Crippen molar-refractivity contribution in [2.75, 3.05) is 11.9 Å². The molecule has 1 aromatic carbocycles. The van der Waals surface area contributed by atoms with Crippen LogP contribution in [0.15, 0.2) is 18.2 Å². The molecule has 1 atom stereocenters. The number of nitrogens with two attached hydrogens (primary N) is 1. The average molecular weight is 312 g/mol. The summed E-state index contributed by atoms with van der Waals surface area (Å²) in [6, 6.07) is 5.50. The Morgan fingerprint density at radius 2 is 2.30 bits per heavy atom. The van der Waals surface area contributed by atoms with Gasteiger partial charge in [-0.3, -0.25) is 4.79 Å². The van der Waals surface area contributed by atoms with E-state index in [1.54, 1.807) is 6.07 Å². The molecule has 1 amide bonds. The van der Waals surface area contributed by atoms with E-state index in [1.807, 2.05) is 12.1 Å². The molecule has 4 nitrogen and oxygen atoms in total. The first kappa shape index (κ1) is 15.2. The minimum atomic E-state index is -0.000903. The minimum Gasteiger partial charge on any atom is -0.330 e. The number of hydrogen-bond donors (Lipinski definition) is 2. The number of hydrogen-bond acceptors (Lipinski definition) is 4. The van der Waals surface area contributed by atoms with E-state index in [9.17, 15) is 4.79 Å². The fourth-order valence-corrected chi connectivity index (χ4v) is 3.10. The second-order valence-corrected chi connectivity index (χ2v) is 6.37. The van der Waals surface area contributed by atoms with Gasteiger partial charge in [0, 0.05) is 11.4 Å². The van der Waals surface area contributed by atoms with Crippen LogP contribution in [0.4, 0.5) is 5.13 Å². The van der Waals surface area contributed by atoms with Gasteiger partial charge in [-0.1, -0.05) is 29.9 Å². The third-order valence-electron chi connectivity index (χ3n) is 3.12. The van der Waals surface area contributed by atoms with Crippen molar-refractivity contribution in [2.45, 2.75) is 26.2 Å². The van der Waals surface area contributed by atoms with Crippen LogP contribution in [0.5, 0.6) is 0 Å². The van der Waals surface area contributed by atoms with Gasteiger partial charge in [-0.15, -0.1) is 0 Å². The number of nitrogens with zero attached hydrogens (tertiary/aromatic N) is 1. The molecule has 1 heterocycles. The number of carbonyl (C=O) groups excluding carboxylic acids is 1. The van der Waals surface area contributed by atoms with Crippen LogP contribution in [0.3, 0.4) is 0 Å². The summed E-state index contributed by atoms with van der Waals surface area (Å²) in [6.07, 6.45) is 2.30. The predicted molar refractivity (Wildman–Crippen MR) is 85.3 cm³/mol. The number of anilines is 1. The van der Waals surface area contributed by atoms with Crippen LogP contribution in [0, 0.1) is 5.92 Å². The van der Waals surface area contributed by atoms with Gasteiger partial charge in [0.15, 0.2) is 5.13 Å². The number of fused-ring (bicyclic) bond motifs is 1.